The maximum atomic E-state index is 11.7. The number of aliphatic hydroxyl groups is 1. The Labute approximate surface area is 165 Å². The minimum Gasteiger partial charge on any atom is -0.482 e. The Morgan fingerprint density at radius 3 is 2.59 bits per heavy atom. The molecular formula is C20H25ClN2O4. The van der Waals surface area contributed by atoms with Gasteiger partial charge >= 0.3 is 5.69 Å². The maximum absolute atomic E-state index is 11.7. The molecule has 0 amide bonds. The van der Waals surface area contributed by atoms with Gasteiger partial charge in [-0.05, 0) is 30.0 Å². The van der Waals surface area contributed by atoms with E-state index >= 15 is 0 Å². The number of fused-ring (bicyclic) bond motifs is 1. The number of nitro benzene ring substituents is 1. The van der Waals surface area contributed by atoms with Gasteiger partial charge in [0.2, 0.25) is 0 Å². The van der Waals surface area contributed by atoms with Crippen molar-refractivity contribution in [3.05, 3.63) is 69.3 Å². The molecule has 1 aliphatic rings. The van der Waals surface area contributed by atoms with Crippen molar-refractivity contribution in [2.45, 2.75) is 51.5 Å². The molecular weight excluding hydrogens is 368 g/mol. The minimum absolute atomic E-state index is 0. The fourth-order valence-electron chi connectivity index (χ4n) is 3.50. The molecule has 27 heavy (non-hydrogen) atoms. The molecule has 0 radical (unpaired) electrons. The van der Waals surface area contributed by atoms with Gasteiger partial charge in [0.25, 0.3) is 0 Å². The number of hydrogen-bond donors (Lipinski definition) is 2. The molecule has 2 atom stereocenters. The predicted octanol–water partition coefficient (Wildman–Crippen LogP) is 3.94. The van der Waals surface area contributed by atoms with Crippen molar-refractivity contribution in [2.24, 2.45) is 0 Å². The summed E-state index contributed by atoms with van der Waals surface area (Å²) >= 11 is 0. The first kappa shape index (κ1) is 21.2. The summed E-state index contributed by atoms with van der Waals surface area (Å²) in [5.41, 5.74) is 2.12. The summed E-state index contributed by atoms with van der Waals surface area (Å²) in [5, 5.41) is 25.7. The third-order valence-electron chi connectivity index (χ3n) is 4.65. The molecule has 0 fully saturated rings. The lowest BCUT2D eigenvalue weighted by molar-refractivity contribution is -0.386. The van der Waals surface area contributed by atoms with E-state index in [1.54, 1.807) is 12.1 Å². The van der Waals surface area contributed by atoms with Gasteiger partial charge in [-0.2, -0.15) is 0 Å². The van der Waals surface area contributed by atoms with Crippen LogP contribution in [0, 0.1) is 10.1 Å². The van der Waals surface area contributed by atoms with E-state index in [2.05, 4.69) is 5.32 Å². The first-order chi connectivity index (χ1) is 12.5. The minimum atomic E-state index is -0.761. The number of benzene rings is 2. The Bertz CT molecular complexity index is 783. The largest absolute Gasteiger partial charge is 0.482 e. The molecule has 0 heterocycles. The van der Waals surface area contributed by atoms with E-state index in [4.69, 9.17) is 4.74 Å². The molecule has 1 aliphatic carbocycles. The molecule has 0 saturated heterocycles. The van der Waals surface area contributed by atoms with Crippen molar-refractivity contribution >= 4 is 18.1 Å². The van der Waals surface area contributed by atoms with E-state index in [9.17, 15) is 15.2 Å². The highest BCUT2D eigenvalue weighted by Crippen LogP contribution is 2.41. The molecule has 0 aromatic heterocycles. The van der Waals surface area contributed by atoms with Crippen molar-refractivity contribution in [1.82, 2.24) is 5.32 Å². The van der Waals surface area contributed by atoms with Crippen molar-refractivity contribution in [2.75, 3.05) is 0 Å². The first-order valence-electron chi connectivity index (χ1n) is 8.88. The summed E-state index contributed by atoms with van der Waals surface area (Å²) < 4.78 is 5.74. The average molecular weight is 393 g/mol. The highest BCUT2D eigenvalue weighted by molar-refractivity contribution is 5.85. The maximum Gasteiger partial charge on any atom is 0.314 e. The van der Waals surface area contributed by atoms with Gasteiger partial charge in [0, 0.05) is 17.6 Å². The Balaban J connectivity index is 0.00000261. The summed E-state index contributed by atoms with van der Waals surface area (Å²) in [5.74, 6) is 0.250. The van der Waals surface area contributed by atoms with Gasteiger partial charge in [-0.3, -0.25) is 10.1 Å². The topological polar surface area (TPSA) is 84.6 Å². The van der Waals surface area contributed by atoms with E-state index < -0.39 is 11.0 Å². The van der Waals surface area contributed by atoms with E-state index in [1.807, 2.05) is 44.2 Å². The van der Waals surface area contributed by atoms with Crippen LogP contribution in [0.3, 0.4) is 0 Å². The fourth-order valence-corrected chi connectivity index (χ4v) is 3.50. The molecule has 0 saturated carbocycles. The molecule has 0 bridgehead atoms. The first-order valence-corrected chi connectivity index (χ1v) is 8.88. The van der Waals surface area contributed by atoms with Gasteiger partial charge in [-0.15, -0.1) is 12.4 Å². The van der Waals surface area contributed by atoms with Crippen LogP contribution in [0.25, 0.3) is 0 Å². The SMILES string of the molecule is CC(C)N[C@H]1CCc2c(ccc(OCc3ccccc3)c2[N+](=O)[O-])[C@@H]1O.Cl. The standard InChI is InChI=1S/C20H24N2O4.ClH/c1-13(2)21-17-10-8-15-16(20(17)23)9-11-18(19(15)22(24)25)26-12-14-6-4-3-5-7-14;/h3-7,9,11,13,17,20-21,23H,8,10,12H2,1-2H3;1H/t17-,20-;/m0./s1. The zero-order chi connectivity index (χ0) is 18.7. The molecule has 2 N–H and O–H groups in total. The second-order valence-corrected chi connectivity index (χ2v) is 6.92. The Morgan fingerprint density at radius 1 is 1.26 bits per heavy atom. The molecule has 7 heteroatoms. The lowest BCUT2D eigenvalue weighted by atomic mass is 9.84. The lowest BCUT2D eigenvalue weighted by Crippen LogP contribution is -2.42. The third kappa shape index (κ3) is 4.77. The normalized spacial score (nSPS) is 18.5. The average Bonchev–Trinajstić information content (AvgIpc) is 2.62. The van der Waals surface area contributed by atoms with Crippen LogP contribution in [0.2, 0.25) is 0 Å². The molecule has 3 rings (SSSR count). The molecule has 0 unspecified atom stereocenters. The number of hydrogen-bond acceptors (Lipinski definition) is 5. The van der Waals surface area contributed by atoms with Crippen LogP contribution in [-0.2, 0) is 13.0 Å². The number of halogens is 1. The summed E-state index contributed by atoms with van der Waals surface area (Å²) in [6, 6.07) is 13.0. The molecule has 6 nitrogen and oxygen atoms in total. The smallest absolute Gasteiger partial charge is 0.314 e. The molecule has 2 aromatic carbocycles. The van der Waals surface area contributed by atoms with E-state index in [0.717, 1.165) is 5.56 Å². The van der Waals surface area contributed by atoms with Crippen LogP contribution in [0.1, 0.15) is 43.1 Å². The van der Waals surface area contributed by atoms with Crippen molar-refractivity contribution in [3.63, 3.8) is 0 Å². The molecule has 0 aliphatic heterocycles. The highest BCUT2D eigenvalue weighted by Gasteiger charge is 2.34. The van der Waals surface area contributed by atoms with E-state index in [1.165, 1.54) is 0 Å². The van der Waals surface area contributed by atoms with Gasteiger partial charge in [0.1, 0.15) is 6.61 Å². The van der Waals surface area contributed by atoms with Crippen LogP contribution in [-0.4, -0.2) is 22.1 Å². The lowest BCUT2D eigenvalue weighted by Gasteiger charge is -2.32. The van der Waals surface area contributed by atoms with Crippen molar-refractivity contribution in [3.8, 4) is 5.75 Å². The van der Waals surface area contributed by atoms with E-state index in [0.29, 0.717) is 24.0 Å². The Morgan fingerprint density at radius 2 is 1.96 bits per heavy atom. The monoisotopic (exact) mass is 392 g/mol. The van der Waals surface area contributed by atoms with Crippen molar-refractivity contribution < 1.29 is 14.8 Å². The van der Waals surface area contributed by atoms with Gasteiger partial charge in [0.05, 0.1) is 11.0 Å². The predicted molar refractivity (Wildman–Crippen MR) is 106 cm³/mol. The van der Waals surface area contributed by atoms with E-state index in [-0.39, 0.29) is 42.5 Å². The number of nitrogens with zero attached hydrogens (tertiary/aromatic N) is 1. The van der Waals surface area contributed by atoms with Crippen LogP contribution < -0.4 is 10.1 Å². The molecule has 2 aromatic rings. The summed E-state index contributed by atoms with van der Waals surface area (Å²) in [6.45, 7) is 4.30. The zero-order valence-corrected chi connectivity index (χ0v) is 16.2. The van der Waals surface area contributed by atoms with Crippen LogP contribution in [0.15, 0.2) is 42.5 Å². The quantitative estimate of drug-likeness (QED) is 0.574. The fraction of sp³-hybridized carbons (Fsp3) is 0.400. The van der Waals surface area contributed by atoms with Crippen LogP contribution in [0.5, 0.6) is 5.75 Å². The number of ether oxygens (including phenoxy) is 1. The number of rotatable bonds is 6. The van der Waals surface area contributed by atoms with Gasteiger partial charge in [0.15, 0.2) is 5.75 Å². The highest BCUT2D eigenvalue weighted by atomic mass is 35.5. The van der Waals surface area contributed by atoms with Crippen molar-refractivity contribution in [1.29, 1.82) is 0 Å². The summed E-state index contributed by atoms with van der Waals surface area (Å²) in [7, 11) is 0. The van der Waals surface area contributed by atoms with Crippen LogP contribution >= 0.6 is 12.4 Å². The summed E-state index contributed by atoms with van der Waals surface area (Å²) in [6.07, 6.45) is 0.424. The zero-order valence-electron chi connectivity index (χ0n) is 15.4. The number of nitro groups is 1. The Hall–Kier alpha value is -2.15. The number of aliphatic hydroxyl groups excluding tert-OH is 1. The summed E-state index contributed by atoms with van der Waals surface area (Å²) in [4.78, 5) is 11.3. The van der Waals surface area contributed by atoms with Gasteiger partial charge in [-0.1, -0.05) is 50.2 Å². The Kier molecular flexibility index (Phi) is 7.18. The second-order valence-electron chi connectivity index (χ2n) is 6.92. The van der Waals surface area contributed by atoms with Crippen LogP contribution in [0.4, 0.5) is 5.69 Å². The number of nitrogens with one attached hydrogen (secondary N) is 1. The molecule has 146 valence electrons. The van der Waals surface area contributed by atoms with Gasteiger partial charge in [-0.25, -0.2) is 0 Å². The second kappa shape index (κ2) is 9.17. The van der Waals surface area contributed by atoms with Gasteiger partial charge < -0.3 is 15.2 Å². The third-order valence-corrected chi connectivity index (χ3v) is 4.65. The molecule has 0 spiro atoms.